The molecule has 23 heavy (non-hydrogen) atoms. The third-order valence-corrected chi connectivity index (χ3v) is 3.49. The van der Waals surface area contributed by atoms with E-state index < -0.39 is 5.82 Å². The summed E-state index contributed by atoms with van der Waals surface area (Å²) in [6, 6.07) is 13.8. The first kappa shape index (κ1) is 15.1. The van der Waals surface area contributed by atoms with Crippen LogP contribution in [0, 0.1) is 5.82 Å². The summed E-state index contributed by atoms with van der Waals surface area (Å²) >= 11 is 4.65. The molecular weight excluding hydrogens is 315 g/mol. The van der Waals surface area contributed by atoms with E-state index in [1.165, 1.54) is 12.1 Å². The standard InChI is InChI=1S/C16H13FN4OS/c17-11-6-7-13-12(8-11)14(19-20-16(18)23)15(22)21(13)9-10-4-2-1-3-5-10/h1-8,22H,9H2,(H2,18,23). The number of thiocarbonyl (C=S) groups is 1. The lowest BCUT2D eigenvalue weighted by molar-refractivity contribution is 0.429. The summed E-state index contributed by atoms with van der Waals surface area (Å²) in [7, 11) is 0. The molecule has 0 fully saturated rings. The van der Waals surface area contributed by atoms with Gasteiger partial charge in [-0.3, -0.25) is 0 Å². The van der Waals surface area contributed by atoms with Gasteiger partial charge in [0, 0.05) is 5.39 Å². The summed E-state index contributed by atoms with van der Waals surface area (Å²) in [6.07, 6.45) is 0. The summed E-state index contributed by atoms with van der Waals surface area (Å²) in [4.78, 5) is 0. The van der Waals surface area contributed by atoms with Gasteiger partial charge in [0.05, 0.1) is 12.1 Å². The quantitative estimate of drug-likeness (QED) is 0.566. The first-order chi connectivity index (χ1) is 11.1. The number of benzene rings is 2. The predicted octanol–water partition coefficient (Wildman–Crippen LogP) is 3.86. The van der Waals surface area contributed by atoms with Crippen molar-refractivity contribution in [2.24, 2.45) is 16.0 Å². The molecule has 0 aliphatic heterocycles. The first-order valence-corrected chi connectivity index (χ1v) is 7.23. The zero-order chi connectivity index (χ0) is 16.4. The number of aromatic hydroxyl groups is 1. The number of aromatic nitrogens is 1. The lowest BCUT2D eigenvalue weighted by atomic mass is 10.2. The second-order valence-electron chi connectivity index (χ2n) is 4.94. The van der Waals surface area contributed by atoms with Gasteiger partial charge < -0.3 is 15.4 Å². The summed E-state index contributed by atoms with van der Waals surface area (Å²) in [5, 5.41) is 18.2. The van der Waals surface area contributed by atoms with Gasteiger partial charge in [-0.05, 0) is 36.0 Å². The van der Waals surface area contributed by atoms with Gasteiger partial charge in [-0.2, -0.15) is 0 Å². The van der Waals surface area contributed by atoms with Crippen LogP contribution in [0.1, 0.15) is 5.56 Å². The Kier molecular flexibility index (Phi) is 4.03. The summed E-state index contributed by atoms with van der Waals surface area (Å²) < 4.78 is 15.2. The Morgan fingerprint density at radius 3 is 2.65 bits per heavy atom. The lowest BCUT2D eigenvalue weighted by Gasteiger charge is -2.07. The average Bonchev–Trinajstić information content (AvgIpc) is 2.78. The van der Waals surface area contributed by atoms with Crippen LogP contribution in [-0.4, -0.2) is 14.8 Å². The zero-order valence-electron chi connectivity index (χ0n) is 12.0. The van der Waals surface area contributed by atoms with Crippen molar-refractivity contribution in [3.8, 4) is 5.88 Å². The van der Waals surface area contributed by atoms with Crippen molar-refractivity contribution in [1.82, 2.24) is 4.57 Å². The molecule has 0 saturated heterocycles. The van der Waals surface area contributed by atoms with Crippen molar-refractivity contribution in [2.75, 3.05) is 0 Å². The van der Waals surface area contributed by atoms with E-state index in [1.807, 2.05) is 30.3 Å². The average molecular weight is 328 g/mol. The van der Waals surface area contributed by atoms with Gasteiger partial charge in [0.25, 0.3) is 0 Å². The molecule has 3 aromatic rings. The van der Waals surface area contributed by atoms with Crippen molar-refractivity contribution < 1.29 is 9.50 Å². The molecule has 0 spiro atoms. The fourth-order valence-corrected chi connectivity index (χ4v) is 2.46. The van der Waals surface area contributed by atoms with Gasteiger partial charge in [0.2, 0.25) is 11.0 Å². The van der Waals surface area contributed by atoms with Crippen LogP contribution in [0.15, 0.2) is 58.8 Å². The topological polar surface area (TPSA) is 75.9 Å². The van der Waals surface area contributed by atoms with Gasteiger partial charge in [-0.25, -0.2) is 4.39 Å². The highest BCUT2D eigenvalue weighted by Gasteiger charge is 2.17. The summed E-state index contributed by atoms with van der Waals surface area (Å²) in [5.74, 6) is -0.546. The van der Waals surface area contributed by atoms with Crippen molar-refractivity contribution >= 4 is 33.9 Å². The highest BCUT2D eigenvalue weighted by molar-refractivity contribution is 7.80. The Hall–Kier alpha value is -2.80. The van der Waals surface area contributed by atoms with Gasteiger partial charge >= 0.3 is 0 Å². The number of nitrogens with zero attached hydrogens (tertiary/aromatic N) is 3. The number of hydrogen-bond donors (Lipinski definition) is 2. The lowest BCUT2D eigenvalue weighted by Crippen LogP contribution is -2.01. The number of azo groups is 1. The maximum absolute atomic E-state index is 13.6. The summed E-state index contributed by atoms with van der Waals surface area (Å²) in [5.41, 5.74) is 7.08. The van der Waals surface area contributed by atoms with Gasteiger partial charge in [0.1, 0.15) is 5.82 Å². The molecule has 1 aromatic heterocycles. The van der Waals surface area contributed by atoms with Crippen LogP contribution in [0.4, 0.5) is 10.1 Å². The molecule has 0 bridgehead atoms. The molecule has 0 atom stereocenters. The van der Waals surface area contributed by atoms with E-state index in [0.717, 1.165) is 5.56 Å². The largest absolute Gasteiger partial charge is 0.493 e. The van der Waals surface area contributed by atoms with Crippen molar-refractivity contribution in [2.45, 2.75) is 6.54 Å². The Bertz CT molecular complexity index is 905. The van der Waals surface area contributed by atoms with E-state index in [4.69, 9.17) is 5.73 Å². The monoisotopic (exact) mass is 328 g/mol. The highest BCUT2D eigenvalue weighted by atomic mass is 32.1. The molecule has 0 unspecified atom stereocenters. The summed E-state index contributed by atoms with van der Waals surface area (Å²) in [6.45, 7) is 0.414. The molecule has 5 nitrogen and oxygen atoms in total. The molecule has 7 heteroatoms. The van der Waals surface area contributed by atoms with E-state index in [2.05, 4.69) is 22.4 Å². The second-order valence-corrected chi connectivity index (χ2v) is 5.36. The van der Waals surface area contributed by atoms with Crippen molar-refractivity contribution in [1.29, 1.82) is 0 Å². The van der Waals surface area contributed by atoms with E-state index in [0.29, 0.717) is 17.4 Å². The number of nitrogens with two attached hydrogens (primary N) is 1. The minimum Gasteiger partial charge on any atom is -0.493 e. The van der Waals surface area contributed by atoms with Crippen LogP contribution >= 0.6 is 12.2 Å². The molecule has 0 saturated carbocycles. The van der Waals surface area contributed by atoms with Crippen molar-refractivity contribution in [3.05, 3.63) is 59.9 Å². The SMILES string of the molecule is NC(=S)N=Nc1c(O)n(Cc2ccccc2)c2ccc(F)cc12. The fraction of sp³-hybridized carbons (Fsp3) is 0.0625. The van der Waals surface area contributed by atoms with Crippen molar-refractivity contribution in [3.63, 3.8) is 0 Å². The third-order valence-electron chi connectivity index (χ3n) is 3.40. The zero-order valence-corrected chi connectivity index (χ0v) is 12.8. The minimum absolute atomic E-state index is 0.116. The molecule has 1 heterocycles. The van der Waals surface area contributed by atoms with Gasteiger partial charge in [-0.15, -0.1) is 10.2 Å². The molecule has 0 radical (unpaired) electrons. The normalized spacial score (nSPS) is 11.3. The van der Waals surface area contributed by atoms with Crippen LogP contribution in [0.2, 0.25) is 0 Å². The molecule has 116 valence electrons. The van der Waals surface area contributed by atoms with Crippen LogP contribution in [0.3, 0.4) is 0 Å². The Morgan fingerprint density at radius 2 is 1.96 bits per heavy atom. The third kappa shape index (κ3) is 3.04. The molecule has 3 rings (SSSR count). The second kappa shape index (κ2) is 6.13. The highest BCUT2D eigenvalue weighted by Crippen LogP contribution is 2.39. The Balaban J connectivity index is 2.17. The number of rotatable bonds is 3. The molecular formula is C16H13FN4OS. The Labute approximate surface area is 136 Å². The van der Waals surface area contributed by atoms with Crippen LogP contribution in [0.25, 0.3) is 10.9 Å². The smallest absolute Gasteiger partial charge is 0.221 e. The van der Waals surface area contributed by atoms with E-state index in [1.54, 1.807) is 10.6 Å². The molecule has 0 aliphatic carbocycles. The van der Waals surface area contributed by atoms with Crippen LogP contribution < -0.4 is 5.73 Å². The maximum atomic E-state index is 13.6. The van der Waals surface area contributed by atoms with Gasteiger partial charge in [-0.1, -0.05) is 30.3 Å². The van der Waals surface area contributed by atoms with E-state index in [-0.39, 0.29) is 16.7 Å². The van der Waals surface area contributed by atoms with Crippen LogP contribution in [-0.2, 0) is 6.54 Å². The Morgan fingerprint density at radius 1 is 1.22 bits per heavy atom. The van der Waals surface area contributed by atoms with E-state index in [9.17, 15) is 9.50 Å². The fourth-order valence-electron chi connectivity index (χ4n) is 2.42. The maximum Gasteiger partial charge on any atom is 0.221 e. The molecule has 2 aromatic carbocycles. The molecule has 3 N–H and O–H groups in total. The number of fused-ring (bicyclic) bond motifs is 1. The van der Waals surface area contributed by atoms with E-state index >= 15 is 0 Å². The van der Waals surface area contributed by atoms with Crippen LogP contribution in [0.5, 0.6) is 5.88 Å². The molecule has 0 aliphatic rings. The first-order valence-electron chi connectivity index (χ1n) is 6.82. The predicted molar refractivity (Wildman–Crippen MR) is 90.4 cm³/mol. The van der Waals surface area contributed by atoms with Gasteiger partial charge in [0.15, 0.2) is 5.69 Å². The molecule has 0 amide bonds. The number of hydrogen-bond acceptors (Lipinski definition) is 3. The minimum atomic E-state index is -0.430. The number of halogens is 1.